The van der Waals surface area contributed by atoms with E-state index < -0.39 is 15.8 Å². The van der Waals surface area contributed by atoms with Crippen molar-refractivity contribution in [3.63, 3.8) is 0 Å². The fourth-order valence-corrected chi connectivity index (χ4v) is 3.18. The summed E-state index contributed by atoms with van der Waals surface area (Å²) in [7, 11) is -3.84. The van der Waals surface area contributed by atoms with Gasteiger partial charge in [-0.05, 0) is 37.3 Å². The highest BCUT2D eigenvalue weighted by Crippen LogP contribution is 2.34. The van der Waals surface area contributed by atoms with Crippen molar-refractivity contribution in [1.82, 2.24) is 0 Å². The normalized spacial score (nSPS) is 11.3. The molecule has 0 atom stereocenters. The average Bonchev–Trinajstić information content (AvgIpc) is 2.33. The Morgan fingerprint density at radius 1 is 1.11 bits per heavy atom. The number of sulfonamides is 1. The summed E-state index contributed by atoms with van der Waals surface area (Å²) in [5.74, 6) is -0.490. The average molecular weight is 343 g/mol. The highest BCUT2D eigenvalue weighted by Gasteiger charge is 2.06. The second-order valence-electron chi connectivity index (χ2n) is 3.98. The molecule has 0 saturated heterocycles. The van der Waals surface area contributed by atoms with Gasteiger partial charge < -0.3 is 4.72 Å². The summed E-state index contributed by atoms with van der Waals surface area (Å²) in [4.78, 5) is -0.0404. The predicted molar refractivity (Wildman–Crippen MR) is 75.5 cm³/mol. The quantitative estimate of drug-likeness (QED) is 0.835. The predicted octanol–water partition coefficient (Wildman–Crippen LogP) is 4.29. The molecule has 0 aliphatic carbocycles. The molecule has 0 aromatic heterocycles. The minimum atomic E-state index is -3.84. The molecule has 0 amide bonds. The fraction of sp³-hybridized carbons (Fsp3) is 0.0769. The van der Waals surface area contributed by atoms with Crippen LogP contribution < -0.4 is 0 Å². The van der Waals surface area contributed by atoms with E-state index in [1.165, 1.54) is 12.1 Å². The highest BCUT2D eigenvalue weighted by atomic mass is 79.9. The number of nitrogens with zero attached hydrogens (tertiary/aromatic N) is 1. The second kappa shape index (κ2) is 5.30. The molecule has 0 heterocycles. The lowest BCUT2D eigenvalue weighted by Gasteiger charge is -2.23. The van der Waals surface area contributed by atoms with E-state index >= 15 is 0 Å². The molecule has 100 valence electrons. The number of hydrogen-bond donors (Lipinski definition) is 0. The summed E-state index contributed by atoms with van der Waals surface area (Å²) in [6, 6.07) is 9.72. The fourth-order valence-electron chi connectivity index (χ4n) is 1.47. The highest BCUT2D eigenvalue weighted by molar-refractivity contribution is 9.10. The summed E-state index contributed by atoms with van der Waals surface area (Å²) in [5.41, 5.74) is 1.31. The van der Waals surface area contributed by atoms with Crippen LogP contribution in [0, 0.1) is 12.7 Å². The molecule has 2 rings (SSSR count). The van der Waals surface area contributed by atoms with E-state index in [0.717, 1.165) is 17.7 Å². The topological polar surface area (TPSA) is 48.2 Å². The largest absolute Gasteiger partial charge is 0.572 e. The Kier molecular flexibility index (Phi) is 3.91. The Balaban J connectivity index is 2.33. The van der Waals surface area contributed by atoms with Gasteiger partial charge in [-0.3, -0.25) is 0 Å². The Labute approximate surface area is 119 Å². The third kappa shape index (κ3) is 3.33. The zero-order valence-electron chi connectivity index (χ0n) is 9.97. The Bertz CT molecular complexity index is 699. The van der Waals surface area contributed by atoms with Crippen LogP contribution >= 0.6 is 15.9 Å². The Morgan fingerprint density at radius 3 is 2.32 bits per heavy atom. The van der Waals surface area contributed by atoms with Crippen LogP contribution in [0.15, 0.2) is 51.8 Å². The molecule has 6 heteroatoms. The standard InChI is InChI=1S/C13H10BrFNO2S/c1-9-2-7-13(12(14)8-9)16-19(17,18)11-5-3-10(15)4-6-11/h2-8H,1H3/q-1. The molecule has 0 fully saturated rings. The minimum absolute atomic E-state index is 0.0404. The number of rotatable bonds is 3. The molecule has 2 aromatic carbocycles. The van der Waals surface area contributed by atoms with Crippen molar-refractivity contribution >= 4 is 31.6 Å². The third-order valence-electron chi connectivity index (χ3n) is 2.43. The molecular weight excluding hydrogens is 333 g/mol. The van der Waals surface area contributed by atoms with Crippen LogP contribution in [0.2, 0.25) is 0 Å². The molecule has 0 N–H and O–H groups in total. The van der Waals surface area contributed by atoms with E-state index in [1.807, 2.05) is 6.92 Å². The van der Waals surface area contributed by atoms with Gasteiger partial charge in [0.15, 0.2) is 0 Å². The molecule has 0 saturated carbocycles. The minimum Gasteiger partial charge on any atom is -0.572 e. The maximum Gasteiger partial charge on any atom is 0.123 e. The van der Waals surface area contributed by atoms with Crippen molar-refractivity contribution in [3.05, 3.63) is 63.0 Å². The van der Waals surface area contributed by atoms with Gasteiger partial charge in [0.2, 0.25) is 0 Å². The van der Waals surface area contributed by atoms with E-state index in [0.29, 0.717) is 10.2 Å². The van der Waals surface area contributed by atoms with Crippen LogP contribution in [0.25, 0.3) is 4.72 Å². The lowest BCUT2D eigenvalue weighted by Crippen LogP contribution is -1.98. The first-order chi connectivity index (χ1) is 8.88. The third-order valence-corrected chi connectivity index (χ3v) is 4.37. The van der Waals surface area contributed by atoms with Crippen LogP contribution in [0.3, 0.4) is 0 Å². The van der Waals surface area contributed by atoms with Crippen molar-refractivity contribution in [3.8, 4) is 0 Å². The van der Waals surface area contributed by atoms with Crippen molar-refractivity contribution < 1.29 is 12.8 Å². The zero-order chi connectivity index (χ0) is 14.0. The van der Waals surface area contributed by atoms with E-state index in [-0.39, 0.29) is 4.90 Å². The van der Waals surface area contributed by atoms with Gasteiger partial charge in [-0.2, -0.15) is 0 Å². The Morgan fingerprint density at radius 2 is 1.74 bits per heavy atom. The van der Waals surface area contributed by atoms with Crippen LogP contribution in [0.4, 0.5) is 10.1 Å². The van der Waals surface area contributed by atoms with E-state index in [4.69, 9.17) is 0 Å². The van der Waals surface area contributed by atoms with Crippen LogP contribution in [-0.4, -0.2) is 8.42 Å². The molecule has 0 radical (unpaired) electrons. The van der Waals surface area contributed by atoms with Crippen molar-refractivity contribution in [1.29, 1.82) is 0 Å². The van der Waals surface area contributed by atoms with E-state index in [9.17, 15) is 12.8 Å². The van der Waals surface area contributed by atoms with E-state index in [2.05, 4.69) is 20.7 Å². The number of benzene rings is 2. The summed E-state index contributed by atoms with van der Waals surface area (Å²) < 4.78 is 41.2. The molecule has 19 heavy (non-hydrogen) atoms. The smallest absolute Gasteiger partial charge is 0.123 e. The van der Waals surface area contributed by atoms with Gasteiger partial charge >= 0.3 is 0 Å². The van der Waals surface area contributed by atoms with E-state index in [1.54, 1.807) is 18.2 Å². The first-order valence-corrected chi connectivity index (χ1v) is 7.61. The first kappa shape index (κ1) is 14.0. The van der Waals surface area contributed by atoms with Gasteiger partial charge in [-0.1, -0.05) is 33.6 Å². The number of aryl methyl sites for hydroxylation is 1. The van der Waals surface area contributed by atoms with Crippen molar-refractivity contribution in [2.24, 2.45) is 0 Å². The molecule has 0 spiro atoms. The van der Waals surface area contributed by atoms with Crippen molar-refractivity contribution in [2.45, 2.75) is 11.8 Å². The van der Waals surface area contributed by atoms with Gasteiger partial charge in [0, 0.05) is 4.47 Å². The molecule has 0 aliphatic rings. The molecule has 2 aromatic rings. The lowest BCUT2D eigenvalue weighted by atomic mass is 10.2. The van der Waals surface area contributed by atoms with Crippen LogP contribution in [0.1, 0.15) is 5.56 Å². The maximum absolute atomic E-state index is 12.8. The summed E-state index contributed by atoms with van der Waals surface area (Å²) in [5, 5.41) is 0. The SMILES string of the molecule is Cc1ccc([N-]S(=O)(=O)c2ccc(F)cc2)c(Br)c1. The Hall–Kier alpha value is -1.40. The van der Waals surface area contributed by atoms with Gasteiger partial charge in [0.1, 0.15) is 15.8 Å². The number of hydrogen-bond acceptors (Lipinski definition) is 2. The van der Waals surface area contributed by atoms with Gasteiger partial charge in [0.25, 0.3) is 0 Å². The van der Waals surface area contributed by atoms with Crippen LogP contribution in [-0.2, 0) is 10.0 Å². The molecule has 0 aliphatic heterocycles. The molecule has 0 unspecified atom stereocenters. The molecular formula is C13H10BrFNO2S-. The molecule has 3 nitrogen and oxygen atoms in total. The summed E-state index contributed by atoms with van der Waals surface area (Å²) in [6.45, 7) is 1.89. The van der Waals surface area contributed by atoms with Gasteiger partial charge in [0.05, 0.1) is 4.90 Å². The number of halogens is 2. The second-order valence-corrected chi connectivity index (χ2v) is 6.43. The van der Waals surface area contributed by atoms with Gasteiger partial charge in [-0.25, -0.2) is 12.8 Å². The maximum atomic E-state index is 12.8. The van der Waals surface area contributed by atoms with Gasteiger partial charge in [-0.15, -0.1) is 5.69 Å². The summed E-state index contributed by atoms with van der Waals surface area (Å²) in [6.07, 6.45) is 0. The lowest BCUT2D eigenvalue weighted by molar-refractivity contribution is 0.601. The monoisotopic (exact) mass is 342 g/mol. The zero-order valence-corrected chi connectivity index (χ0v) is 12.4. The van der Waals surface area contributed by atoms with Crippen molar-refractivity contribution in [2.75, 3.05) is 0 Å². The van der Waals surface area contributed by atoms with Crippen LogP contribution in [0.5, 0.6) is 0 Å². The molecule has 0 bridgehead atoms. The first-order valence-electron chi connectivity index (χ1n) is 5.38. The summed E-state index contributed by atoms with van der Waals surface area (Å²) >= 11 is 3.27.